The molecule has 0 aromatic heterocycles. The van der Waals surface area contributed by atoms with Crippen LogP contribution in [0.25, 0.3) is 11.1 Å². The number of hydrogen-bond donors (Lipinski definition) is 4. The normalized spacial score (nSPS) is 12.2. The second kappa shape index (κ2) is 20.3. The van der Waals surface area contributed by atoms with Gasteiger partial charge in [-0.1, -0.05) is 78.9 Å². The first kappa shape index (κ1) is 40.4. The predicted molar refractivity (Wildman–Crippen MR) is 157 cm³/mol. The minimum absolute atomic E-state index is 0. The van der Waals surface area contributed by atoms with Gasteiger partial charge in [-0.15, -0.1) is 0 Å². The molecule has 0 radical (unpaired) electrons. The lowest BCUT2D eigenvalue weighted by atomic mass is 9.82. The van der Waals surface area contributed by atoms with Gasteiger partial charge in [0.05, 0.1) is 52.1 Å². The Morgan fingerprint density at radius 1 is 0.698 bits per heavy atom. The number of nitrogens with two attached hydrogens (primary N) is 1. The van der Waals surface area contributed by atoms with Crippen LogP contribution in [0.3, 0.4) is 0 Å². The molecule has 3 aromatic carbocycles. The SMILES string of the molecule is C[N+](C)(CCC[NH2+]CCC[NH3+])Cc1ccc(-c2ccc(C[C@H](C(=O)O)[C@H](Cc3ccccc3)C(=O)O)cc2)cc1.[Cl-].[Cl-].[Cl-]. The monoisotopic (exact) mass is 653 g/mol. The molecule has 0 saturated heterocycles. The zero-order valence-electron chi connectivity index (χ0n) is 25.1. The fourth-order valence-corrected chi connectivity index (χ4v) is 5.23. The summed E-state index contributed by atoms with van der Waals surface area (Å²) in [6.07, 6.45) is 2.72. The van der Waals surface area contributed by atoms with Gasteiger partial charge >= 0.3 is 11.9 Å². The van der Waals surface area contributed by atoms with E-state index in [1.165, 1.54) is 18.4 Å². The summed E-state index contributed by atoms with van der Waals surface area (Å²) in [5.41, 5.74) is 8.98. The Kier molecular flexibility index (Phi) is 19.1. The third-order valence-electron chi connectivity index (χ3n) is 7.56. The Labute approximate surface area is 274 Å². The number of aliphatic carboxylic acids is 2. The molecule has 238 valence electrons. The second-order valence-corrected chi connectivity index (χ2v) is 11.4. The molecule has 0 saturated carbocycles. The van der Waals surface area contributed by atoms with Crippen molar-refractivity contribution in [1.82, 2.24) is 0 Å². The van der Waals surface area contributed by atoms with E-state index >= 15 is 0 Å². The zero-order chi connectivity index (χ0) is 29.0. The van der Waals surface area contributed by atoms with Crippen LogP contribution in [0.4, 0.5) is 0 Å². The number of carboxylic acids is 2. The molecule has 0 bridgehead atoms. The summed E-state index contributed by atoms with van der Waals surface area (Å²) >= 11 is 0. The third-order valence-corrected chi connectivity index (χ3v) is 7.56. The van der Waals surface area contributed by atoms with Gasteiger partial charge in [0.1, 0.15) is 6.54 Å². The Morgan fingerprint density at radius 2 is 1.14 bits per heavy atom. The summed E-state index contributed by atoms with van der Waals surface area (Å²) in [7, 11) is 4.56. The van der Waals surface area contributed by atoms with E-state index in [9.17, 15) is 19.8 Å². The molecule has 7 N–H and O–H groups in total. The van der Waals surface area contributed by atoms with Gasteiger partial charge in [0.2, 0.25) is 0 Å². The van der Waals surface area contributed by atoms with Gasteiger partial charge in [0.15, 0.2) is 0 Å². The fourth-order valence-electron chi connectivity index (χ4n) is 5.23. The number of quaternary nitrogens is 3. The highest BCUT2D eigenvalue weighted by atomic mass is 35.5. The number of rotatable bonds is 17. The van der Waals surface area contributed by atoms with Crippen molar-refractivity contribution in [3.63, 3.8) is 0 Å². The first-order chi connectivity index (χ1) is 19.2. The van der Waals surface area contributed by atoms with E-state index in [0.29, 0.717) is 0 Å². The fraction of sp³-hybridized carbons (Fsp3) is 0.394. The molecule has 0 aliphatic heterocycles. The van der Waals surface area contributed by atoms with Crippen LogP contribution >= 0.6 is 0 Å². The molecule has 0 unspecified atom stereocenters. The lowest BCUT2D eigenvalue weighted by molar-refractivity contribution is -0.905. The number of nitrogens with zero attached hydrogens (tertiary/aromatic N) is 1. The molecule has 7 nitrogen and oxygen atoms in total. The number of carboxylic acid groups (broad SMARTS) is 2. The van der Waals surface area contributed by atoms with Gasteiger partial charge < -0.3 is 63.0 Å². The van der Waals surface area contributed by atoms with Crippen molar-refractivity contribution in [1.29, 1.82) is 0 Å². The minimum Gasteiger partial charge on any atom is -1.00 e. The highest BCUT2D eigenvalue weighted by Gasteiger charge is 2.34. The summed E-state index contributed by atoms with van der Waals surface area (Å²) in [6.45, 7) is 5.44. The van der Waals surface area contributed by atoms with Gasteiger partial charge in [-0.25, -0.2) is 0 Å². The highest BCUT2D eigenvalue weighted by molar-refractivity contribution is 5.80. The first-order valence-electron chi connectivity index (χ1n) is 14.3. The largest absolute Gasteiger partial charge is 1.00 e. The predicted octanol–water partition coefficient (Wildman–Crippen LogP) is -6.29. The Hall–Kier alpha value is -2.65. The summed E-state index contributed by atoms with van der Waals surface area (Å²) in [6, 6.07) is 25.6. The van der Waals surface area contributed by atoms with Crippen molar-refractivity contribution in [3.05, 3.63) is 95.6 Å². The van der Waals surface area contributed by atoms with Crippen molar-refractivity contribution >= 4 is 11.9 Å². The number of carbonyl (C=O) groups is 2. The lowest BCUT2D eigenvalue weighted by Crippen LogP contribution is -3.00. The van der Waals surface area contributed by atoms with Gasteiger partial charge in [-0.05, 0) is 35.1 Å². The summed E-state index contributed by atoms with van der Waals surface area (Å²) in [4.78, 5) is 24.1. The molecule has 3 aromatic rings. The lowest BCUT2D eigenvalue weighted by Gasteiger charge is -2.29. The van der Waals surface area contributed by atoms with E-state index in [1.54, 1.807) is 0 Å². The van der Waals surface area contributed by atoms with Crippen LogP contribution < -0.4 is 48.3 Å². The zero-order valence-corrected chi connectivity index (χ0v) is 27.4. The molecular formula is C33H46Cl3N3O4. The quantitative estimate of drug-likeness (QED) is 0.0856. The van der Waals surface area contributed by atoms with Crippen LogP contribution in [0.5, 0.6) is 0 Å². The molecule has 2 atom stereocenters. The molecule has 10 heteroatoms. The van der Waals surface area contributed by atoms with Crippen molar-refractivity contribution < 1.29 is 72.6 Å². The first-order valence-corrected chi connectivity index (χ1v) is 14.3. The summed E-state index contributed by atoms with van der Waals surface area (Å²) in [5.74, 6) is -4.20. The van der Waals surface area contributed by atoms with Crippen LogP contribution in [0.1, 0.15) is 29.5 Å². The maximum absolute atomic E-state index is 12.1. The molecule has 0 aliphatic carbocycles. The maximum atomic E-state index is 12.1. The third kappa shape index (κ3) is 13.7. The average Bonchev–Trinajstić information content (AvgIpc) is 2.93. The van der Waals surface area contributed by atoms with E-state index in [4.69, 9.17) is 0 Å². The molecule has 43 heavy (non-hydrogen) atoms. The summed E-state index contributed by atoms with van der Waals surface area (Å²) in [5, 5.41) is 22.1. The van der Waals surface area contributed by atoms with E-state index in [1.807, 2.05) is 54.6 Å². The topological polar surface area (TPSA) is 119 Å². The van der Waals surface area contributed by atoms with Gasteiger partial charge in [-0.3, -0.25) is 9.59 Å². The molecule has 0 spiro atoms. The average molecular weight is 655 g/mol. The second-order valence-electron chi connectivity index (χ2n) is 11.4. The van der Waals surface area contributed by atoms with E-state index in [-0.39, 0.29) is 50.1 Å². The van der Waals surface area contributed by atoms with Crippen molar-refractivity contribution in [2.45, 2.75) is 32.2 Å². The van der Waals surface area contributed by atoms with E-state index < -0.39 is 23.8 Å². The van der Waals surface area contributed by atoms with Crippen LogP contribution in [0.15, 0.2) is 78.9 Å². The van der Waals surface area contributed by atoms with Gasteiger partial charge in [0, 0.05) is 18.4 Å². The number of benzene rings is 3. The van der Waals surface area contributed by atoms with Crippen molar-refractivity contribution in [2.75, 3.05) is 40.3 Å². The number of halogens is 3. The Balaban J connectivity index is 0.00000588. The van der Waals surface area contributed by atoms with Crippen molar-refractivity contribution in [3.8, 4) is 11.1 Å². The van der Waals surface area contributed by atoms with Crippen LogP contribution in [0.2, 0.25) is 0 Å². The van der Waals surface area contributed by atoms with Crippen molar-refractivity contribution in [2.24, 2.45) is 11.8 Å². The maximum Gasteiger partial charge on any atom is 0.307 e. The van der Waals surface area contributed by atoms with E-state index in [0.717, 1.165) is 59.5 Å². The molecule has 0 heterocycles. The van der Waals surface area contributed by atoms with E-state index in [2.05, 4.69) is 49.4 Å². The van der Waals surface area contributed by atoms with Crippen LogP contribution in [-0.4, -0.2) is 66.9 Å². The highest BCUT2D eigenvalue weighted by Crippen LogP contribution is 2.26. The van der Waals surface area contributed by atoms with Crippen LogP contribution in [-0.2, 0) is 29.0 Å². The molecule has 3 rings (SSSR count). The smallest absolute Gasteiger partial charge is 0.307 e. The van der Waals surface area contributed by atoms with Gasteiger partial charge in [0.25, 0.3) is 0 Å². The minimum atomic E-state index is -1.09. The van der Waals surface area contributed by atoms with Crippen LogP contribution in [0, 0.1) is 11.8 Å². The number of hydrogen-bond acceptors (Lipinski definition) is 2. The molecule has 0 aliphatic rings. The van der Waals surface area contributed by atoms with Gasteiger partial charge in [-0.2, -0.15) is 0 Å². The Morgan fingerprint density at radius 3 is 1.60 bits per heavy atom. The standard InChI is InChI=1S/C33H43N3O4.3ClH/c1-36(2,21-7-20-35-19-6-18-34)24-27-12-16-29(17-13-27)28-14-10-26(11-15-28)23-31(33(39)40)30(32(37)38)22-25-8-4-3-5-9-25;;;/h3-5,8-17,30-31,35H,6-7,18-24,34H2,1-2H3,(H-,37,38,39,40);3*1H/t30-,31-;;;/m0.../s1. The summed E-state index contributed by atoms with van der Waals surface area (Å²) < 4.78 is 0.948. The Bertz CT molecular complexity index is 1210. The molecular weight excluding hydrogens is 609 g/mol. The molecule has 0 fully saturated rings. The molecule has 0 amide bonds.